The maximum absolute atomic E-state index is 12.1. The van der Waals surface area contributed by atoms with Crippen molar-refractivity contribution in [3.8, 4) is 11.5 Å². The number of rotatable bonds is 8. The van der Waals surface area contributed by atoms with E-state index in [0.717, 1.165) is 16.9 Å². The summed E-state index contributed by atoms with van der Waals surface area (Å²) in [5, 5.41) is 9.13. The van der Waals surface area contributed by atoms with E-state index in [-0.39, 0.29) is 18.9 Å². The molecule has 1 unspecified atom stereocenters. The molecule has 1 atom stereocenters. The van der Waals surface area contributed by atoms with E-state index in [4.69, 9.17) is 14.6 Å². The molecule has 28 heavy (non-hydrogen) atoms. The van der Waals surface area contributed by atoms with Crippen molar-refractivity contribution < 1.29 is 24.2 Å². The van der Waals surface area contributed by atoms with Crippen molar-refractivity contribution in [1.29, 1.82) is 0 Å². The molecule has 1 saturated heterocycles. The van der Waals surface area contributed by atoms with Gasteiger partial charge in [-0.1, -0.05) is 30.3 Å². The Morgan fingerprint density at radius 2 is 1.75 bits per heavy atom. The topological polar surface area (TPSA) is 76.1 Å². The molecule has 0 saturated carbocycles. The van der Waals surface area contributed by atoms with Gasteiger partial charge in [-0.3, -0.25) is 9.59 Å². The van der Waals surface area contributed by atoms with E-state index in [9.17, 15) is 9.59 Å². The Balaban J connectivity index is 1.56. The molecule has 0 aromatic heterocycles. The fraction of sp³-hybridized carbons (Fsp3) is 0.364. The minimum Gasteiger partial charge on any atom is -0.490 e. The van der Waals surface area contributed by atoms with Crippen molar-refractivity contribution in [2.24, 2.45) is 5.92 Å². The first kappa shape index (κ1) is 19.7. The number of benzene rings is 2. The van der Waals surface area contributed by atoms with Gasteiger partial charge in [0.15, 0.2) is 0 Å². The van der Waals surface area contributed by atoms with Gasteiger partial charge < -0.3 is 19.5 Å². The number of likely N-dealkylation sites (tertiary alicyclic amines) is 1. The van der Waals surface area contributed by atoms with Crippen LogP contribution in [-0.2, 0) is 16.1 Å². The summed E-state index contributed by atoms with van der Waals surface area (Å²) in [6.45, 7) is 5.43. The van der Waals surface area contributed by atoms with Crippen LogP contribution in [0.5, 0.6) is 11.5 Å². The highest BCUT2D eigenvalue weighted by atomic mass is 16.5. The van der Waals surface area contributed by atoms with Crippen LogP contribution in [0.1, 0.15) is 23.1 Å². The summed E-state index contributed by atoms with van der Waals surface area (Å²) < 4.78 is 11.7. The monoisotopic (exact) mass is 383 g/mol. The molecule has 1 aliphatic rings. The molecular formula is C22H25NO5. The number of aryl methyl sites for hydroxylation is 1. The van der Waals surface area contributed by atoms with Gasteiger partial charge in [-0.05, 0) is 37.1 Å². The molecule has 2 aromatic carbocycles. The van der Waals surface area contributed by atoms with Gasteiger partial charge in [0.05, 0.1) is 5.92 Å². The summed E-state index contributed by atoms with van der Waals surface area (Å²) in [7, 11) is 0. The number of carboxylic acid groups (broad SMARTS) is 1. The molecule has 1 aliphatic heterocycles. The van der Waals surface area contributed by atoms with E-state index in [2.05, 4.69) is 0 Å². The molecule has 6 nitrogen and oxygen atoms in total. The predicted molar refractivity (Wildman–Crippen MR) is 105 cm³/mol. The van der Waals surface area contributed by atoms with Crippen molar-refractivity contribution in [3.05, 3.63) is 59.2 Å². The Hall–Kier alpha value is -3.02. The fourth-order valence-electron chi connectivity index (χ4n) is 3.26. The average Bonchev–Trinajstić information content (AvgIpc) is 3.04. The van der Waals surface area contributed by atoms with Crippen LogP contribution >= 0.6 is 0 Å². The molecule has 3 rings (SSSR count). The molecule has 2 aromatic rings. The van der Waals surface area contributed by atoms with Crippen LogP contribution in [0.15, 0.2) is 42.5 Å². The van der Waals surface area contributed by atoms with Gasteiger partial charge >= 0.3 is 5.97 Å². The SMILES string of the molecule is Cc1cccc(OCCOc2ccccc2CN2CC(C(=O)O)CC2=O)c1C. The zero-order valence-corrected chi connectivity index (χ0v) is 16.2. The number of para-hydroxylation sites is 1. The Bertz CT molecular complexity index is 864. The number of amides is 1. The molecule has 0 radical (unpaired) electrons. The average molecular weight is 383 g/mol. The van der Waals surface area contributed by atoms with Crippen molar-refractivity contribution in [2.45, 2.75) is 26.8 Å². The van der Waals surface area contributed by atoms with Gasteiger partial charge in [0.25, 0.3) is 0 Å². The lowest BCUT2D eigenvalue weighted by atomic mass is 10.1. The zero-order valence-electron chi connectivity index (χ0n) is 16.2. The third kappa shape index (κ3) is 4.63. The quantitative estimate of drug-likeness (QED) is 0.709. The van der Waals surface area contributed by atoms with Crippen LogP contribution in [-0.4, -0.2) is 41.6 Å². The van der Waals surface area contributed by atoms with E-state index >= 15 is 0 Å². The van der Waals surface area contributed by atoms with Crippen molar-refractivity contribution in [2.75, 3.05) is 19.8 Å². The standard InChI is InChI=1S/C22H25NO5/c1-15-6-5-9-19(16(15)2)27-10-11-28-20-8-4-3-7-17(20)13-23-14-18(22(25)26)12-21(23)24/h3-9,18H,10-14H2,1-2H3,(H,25,26). The number of nitrogens with zero attached hydrogens (tertiary/aromatic N) is 1. The third-order valence-electron chi connectivity index (χ3n) is 5.05. The van der Waals surface area contributed by atoms with Crippen molar-refractivity contribution in [1.82, 2.24) is 4.90 Å². The van der Waals surface area contributed by atoms with Gasteiger partial charge in [0.2, 0.25) is 5.91 Å². The number of hydrogen-bond acceptors (Lipinski definition) is 4. The van der Waals surface area contributed by atoms with Crippen LogP contribution in [0.2, 0.25) is 0 Å². The highest BCUT2D eigenvalue weighted by Gasteiger charge is 2.34. The summed E-state index contributed by atoms with van der Waals surface area (Å²) in [6, 6.07) is 13.4. The van der Waals surface area contributed by atoms with Gasteiger partial charge in [0, 0.05) is 25.1 Å². The van der Waals surface area contributed by atoms with Gasteiger partial charge in [-0.2, -0.15) is 0 Å². The van der Waals surface area contributed by atoms with Crippen LogP contribution < -0.4 is 9.47 Å². The number of hydrogen-bond donors (Lipinski definition) is 1. The summed E-state index contributed by atoms with van der Waals surface area (Å²) in [5.41, 5.74) is 3.15. The lowest BCUT2D eigenvalue weighted by Crippen LogP contribution is -2.26. The minimum atomic E-state index is -0.927. The van der Waals surface area contributed by atoms with E-state index in [0.29, 0.717) is 25.5 Å². The molecule has 1 N–H and O–H groups in total. The number of aliphatic carboxylic acids is 1. The Kier molecular flexibility index (Phi) is 6.19. The second-order valence-corrected chi connectivity index (χ2v) is 7.02. The van der Waals surface area contributed by atoms with Crippen molar-refractivity contribution >= 4 is 11.9 Å². The first-order valence-electron chi connectivity index (χ1n) is 9.36. The smallest absolute Gasteiger partial charge is 0.308 e. The van der Waals surface area contributed by atoms with E-state index in [1.54, 1.807) is 4.90 Å². The van der Waals surface area contributed by atoms with E-state index < -0.39 is 11.9 Å². The van der Waals surface area contributed by atoms with Gasteiger partial charge in [0.1, 0.15) is 24.7 Å². The van der Waals surface area contributed by atoms with E-state index in [1.165, 1.54) is 5.56 Å². The summed E-state index contributed by atoms with van der Waals surface area (Å²) in [6.07, 6.45) is 0.0576. The van der Waals surface area contributed by atoms with Crippen LogP contribution in [0, 0.1) is 19.8 Å². The van der Waals surface area contributed by atoms with Crippen LogP contribution in [0.4, 0.5) is 0 Å². The number of carbonyl (C=O) groups excluding carboxylic acids is 1. The second-order valence-electron chi connectivity index (χ2n) is 7.02. The molecule has 0 spiro atoms. The van der Waals surface area contributed by atoms with Gasteiger partial charge in [-0.15, -0.1) is 0 Å². The molecule has 148 valence electrons. The lowest BCUT2D eigenvalue weighted by Gasteiger charge is -2.19. The maximum atomic E-state index is 12.1. The highest BCUT2D eigenvalue weighted by molar-refractivity contribution is 5.86. The van der Waals surface area contributed by atoms with Crippen molar-refractivity contribution in [3.63, 3.8) is 0 Å². The Labute approximate surface area is 164 Å². The molecule has 0 bridgehead atoms. The molecule has 6 heteroatoms. The highest BCUT2D eigenvalue weighted by Crippen LogP contribution is 2.25. The van der Waals surface area contributed by atoms with Crippen LogP contribution in [0.25, 0.3) is 0 Å². The molecule has 1 amide bonds. The lowest BCUT2D eigenvalue weighted by molar-refractivity contribution is -0.141. The first-order chi connectivity index (χ1) is 13.5. The molecule has 1 fully saturated rings. The zero-order chi connectivity index (χ0) is 20.1. The predicted octanol–water partition coefficient (Wildman–Crippen LogP) is 3.19. The fourth-order valence-corrected chi connectivity index (χ4v) is 3.26. The number of carbonyl (C=O) groups is 2. The second kappa shape index (κ2) is 8.78. The first-order valence-corrected chi connectivity index (χ1v) is 9.36. The maximum Gasteiger partial charge on any atom is 0.308 e. The minimum absolute atomic E-state index is 0.0576. The van der Waals surface area contributed by atoms with Gasteiger partial charge in [-0.25, -0.2) is 0 Å². The number of carboxylic acids is 1. The molecular weight excluding hydrogens is 358 g/mol. The summed E-state index contributed by atoms with van der Waals surface area (Å²) in [4.78, 5) is 24.8. The molecule has 0 aliphatic carbocycles. The summed E-state index contributed by atoms with van der Waals surface area (Å²) in [5.74, 6) is -0.172. The largest absolute Gasteiger partial charge is 0.490 e. The number of ether oxygens (including phenoxy) is 2. The summed E-state index contributed by atoms with van der Waals surface area (Å²) >= 11 is 0. The normalized spacial score (nSPS) is 16.3. The van der Waals surface area contributed by atoms with E-state index in [1.807, 2.05) is 56.3 Å². The Morgan fingerprint density at radius 1 is 1.07 bits per heavy atom. The Morgan fingerprint density at radius 3 is 2.46 bits per heavy atom. The third-order valence-corrected chi connectivity index (χ3v) is 5.05. The molecule has 1 heterocycles. The van der Waals surface area contributed by atoms with Crippen LogP contribution in [0.3, 0.4) is 0 Å².